The molecule has 0 fully saturated rings. The number of nitriles is 1. The Bertz CT molecular complexity index is 1020. The summed E-state index contributed by atoms with van der Waals surface area (Å²) in [5.74, 6) is -0.200. The fourth-order valence-corrected chi connectivity index (χ4v) is 4.09. The van der Waals surface area contributed by atoms with Crippen molar-refractivity contribution in [2.75, 3.05) is 0 Å². The van der Waals surface area contributed by atoms with Crippen LogP contribution >= 0.6 is 11.8 Å². The summed E-state index contributed by atoms with van der Waals surface area (Å²) >= 11 is 1.60. The second-order valence-electron chi connectivity index (χ2n) is 6.86. The summed E-state index contributed by atoms with van der Waals surface area (Å²) in [7, 11) is 0. The fraction of sp³-hybridized carbons (Fsp3) is 0.208. The van der Waals surface area contributed by atoms with Crippen LogP contribution in [0.3, 0.4) is 0 Å². The third kappa shape index (κ3) is 3.90. The SMILES string of the molecule is CCC(C)=C(c1ccc(C#N)cc1)N1C=CS/C1=C(/C)c1ccc(C)cc1F. The van der Waals surface area contributed by atoms with Gasteiger partial charge in [-0.25, -0.2) is 4.39 Å². The number of allylic oxidation sites excluding steroid dienone is 2. The first-order valence-electron chi connectivity index (χ1n) is 9.26. The molecule has 28 heavy (non-hydrogen) atoms. The molecule has 0 bridgehead atoms. The highest BCUT2D eigenvalue weighted by Crippen LogP contribution is 2.42. The molecule has 1 heterocycles. The first-order valence-corrected chi connectivity index (χ1v) is 10.1. The molecule has 2 nitrogen and oxygen atoms in total. The summed E-state index contributed by atoms with van der Waals surface area (Å²) in [6, 6.07) is 15.1. The van der Waals surface area contributed by atoms with Crippen molar-refractivity contribution < 1.29 is 4.39 Å². The molecule has 0 saturated heterocycles. The lowest BCUT2D eigenvalue weighted by Gasteiger charge is -2.26. The molecule has 0 aromatic heterocycles. The fourth-order valence-electron chi connectivity index (χ4n) is 3.23. The number of aryl methyl sites for hydroxylation is 1. The minimum absolute atomic E-state index is 0.200. The molecule has 0 N–H and O–H groups in total. The van der Waals surface area contributed by atoms with E-state index in [1.54, 1.807) is 17.8 Å². The van der Waals surface area contributed by atoms with Gasteiger partial charge in [0, 0.05) is 11.8 Å². The van der Waals surface area contributed by atoms with Crippen molar-refractivity contribution in [1.29, 1.82) is 5.26 Å². The van der Waals surface area contributed by atoms with Crippen molar-refractivity contribution in [3.05, 3.63) is 92.7 Å². The lowest BCUT2D eigenvalue weighted by Crippen LogP contribution is -2.14. The quantitative estimate of drug-likeness (QED) is 0.559. The van der Waals surface area contributed by atoms with Crippen LogP contribution in [0, 0.1) is 24.1 Å². The van der Waals surface area contributed by atoms with Gasteiger partial charge in [0.25, 0.3) is 0 Å². The van der Waals surface area contributed by atoms with Crippen LogP contribution in [0.1, 0.15) is 49.4 Å². The number of hydrogen-bond donors (Lipinski definition) is 0. The van der Waals surface area contributed by atoms with Gasteiger partial charge in [0.1, 0.15) is 5.82 Å². The maximum atomic E-state index is 14.6. The minimum Gasteiger partial charge on any atom is -0.310 e. The van der Waals surface area contributed by atoms with Gasteiger partial charge in [-0.2, -0.15) is 5.26 Å². The van der Waals surface area contributed by atoms with Gasteiger partial charge in [0.05, 0.1) is 22.4 Å². The van der Waals surface area contributed by atoms with Crippen molar-refractivity contribution in [3.8, 4) is 6.07 Å². The topological polar surface area (TPSA) is 27.0 Å². The van der Waals surface area contributed by atoms with E-state index in [2.05, 4.69) is 24.8 Å². The molecule has 0 amide bonds. The number of thioether (sulfide) groups is 1. The van der Waals surface area contributed by atoms with Gasteiger partial charge in [-0.1, -0.05) is 43.0 Å². The molecule has 0 aliphatic carbocycles. The molecule has 142 valence electrons. The Morgan fingerprint density at radius 2 is 1.86 bits per heavy atom. The predicted molar refractivity (Wildman–Crippen MR) is 116 cm³/mol. The zero-order valence-electron chi connectivity index (χ0n) is 16.6. The Labute approximate surface area is 170 Å². The van der Waals surface area contributed by atoms with Crippen LogP contribution in [0.2, 0.25) is 0 Å². The highest BCUT2D eigenvalue weighted by molar-refractivity contribution is 8.06. The maximum absolute atomic E-state index is 14.6. The largest absolute Gasteiger partial charge is 0.310 e. The van der Waals surface area contributed by atoms with E-state index in [4.69, 9.17) is 5.26 Å². The van der Waals surface area contributed by atoms with Crippen molar-refractivity contribution in [1.82, 2.24) is 4.90 Å². The Morgan fingerprint density at radius 1 is 1.14 bits per heavy atom. The van der Waals surface area contributed by atoms with E-state index in [-0.39, 0.29) is 5.82 Å². The van der Waals surface area contributed by atoms with Crippen LogP contribution in [-0.4, -0.2) is 4.90 Å². The Balaban J connectivity index is 2.11. The van der Waals surface area contributed by atoms with Crippen LogP contribution in [0.4, 0.5) is 4.39 Å². The average Bonchev–Trinajstić information content (AvgIpc) is 3.17. The Kier molecular flexibility index (Phi) is 6.06. The van der Waals surface area contributed by atoms with Gasteiger partial charge in [-0.15, -0.1) is 0 Å². The zero-order valence-corrected chi connectivity index (χ0v) is 17.4. The van der Waals surface area contributed by atoms with Gasteiger partial charge in [0.15, 0.2) is 0 Å². The van der Waals surface area contributed by atoms with E-state index in [1.165, 1.54) is 5.57 Å². The van der Waals surface area contributed by atoms with Gasteiger partial charge < -0.3 is 4.90 Å². The van der Waals surface area contributed by atoms with E-state index in [0.29, 0.717) is 11.1 Å². The van der Waals surface area contributed by atoms with E-state index in [9.17, 15) is 4.39 Å². The normalized spacial score (nSPS) is 16.1. The molecule has 0 radical (unpaired) electrons. The molecule has 1 aliphatic rings. The summed E-state index contributed by atoms with van der Waals surface area (Å²) in [6.45, 7) is 8.10. The van der Waals surface area contributed by atoms with E-state index < -0.39 is 0 Å². The highest BCUT2D eigenvalue weighted by Gasteiger charge is 2.23. The maximum Gasteiger partial charge on any atom is 0.131 e. The molecule has 4 heteroatoms. The molecule has 0 unspecified atom stereocenters. The number of hydrogen-bond acceptors (Lipinski definition) is 3. The van der Waals surface area contributed by atoms with Gasteiger partial charge in [-0.3, -0.25) is 0 Å². The molecule has 1 aliphatic heterocycles. The third-order valence-electron chi connectivity index (χ3n) is 4.92. The summed E-state index contributed by atoms with van der Waals surface area (Å²) in [4.78, 5) is 2.14. The minimum atomic E-state index is -0.200. The van der Waals surface area contributed by atoms with Crippen LogP contribution in [0.25, 0.3) is 11.3 Å². The number of halogens is 1. The standard InChI is InChI=1S/C24H23FN2S/c1-5-17(3)23(20-9-7-19(15-26)8-10-20)27-12-13-28-24(27)18(4)21-11-6-16(2)14-22(21)25/h6-14H,5H2,1-4H3/b23-17?,24-18-. The van der Waals surface area contributed by atoms with Gasteiger partial charge in [-0.05, 0) is 73.1 Å². The summed E-state index contributed by atoms with van der Waals surface area (Å²) in [5.41, 5.74) is 6.42. The second-order valence-corrected chi connectivity index (χ2v) is 7.75. The number of rotatable bonds is 4. The highest BCUT2D eigenvalue weighted by atomic mass is 32.2. The Morgan fingerprint density at radius 3 is 2.46 bits per heavy atom. The van der Waals surface area contributed by atoms with Crippen molar-refractivity contribution >= 4 is 23.0 Å². The molecular formula is C24H23FN2S. The van der Waals surface area contributed by atoms with Gasteiger partial charge >= 0.3 is 0 Å². The molecule has 0 spiro atoms. The van der Waals surface area contributed by atoms with Crippen molar-refractivity contribution in [2.24, 2.45) is 0 Å². The van der Waals surface area contributed by atoms with Crippen LogP contribution < -0.4 is 0 Å². The first kappa shape index (κ1) is 20.0. The molecule has 0 atom stereocenters. The Hall–Kier alpha value is -2.77. The smallest absolute Gasteiger partial charge is 0.131 e. The van der Waals surface area contributed by atoms with Crippen molar-refractivity contribution in [2.45, 2.75) is 34.1 Å². The predicted octanol–water partition coefficient (Wildman–Crippen LogP) is 7.06. The molecule has 2 aromatic carbocycles. The van der Waals surface area contributed by atoms with Crippen LogP contribution in [0.15, 0.2) is 64.7 Å². The number of nitrogens with zero attached hydrogens (tertiary/aromatic N) is 2. The summed E-state index contributed by atoms with van der Waals surface area (Å²) < 4.78 is 14.6. The number of benzene rings is 2. The summed E-state index contributed by atoms with van der Waals surface area (Å²) in [5, 5.41) is 12.1. The molecule has 2 aromatic rings. The lowest BCUT2D eigenvalue weighted by atomic mass is 10.0. The van der Waals surface area contributed by atoms with Crippen LogP contribution in [-0.2, 0) is 0 Å². The molecule has 0 saturated carbocycles. The first-order chi connectivity index (χ1) is 13.5. The molecule has 3 rings (SSSR count). The van der Waals surface area contributed by atoms with E-state index >= 15 is 0 Å². The zero-order chi connectivity index (χ0) is 20.3. The third-order valence-corrected chi connectivity index (χ3v) is 5.90. The molecular weight excluding hydrogens is 367 g/mol. The monoisotopic (exact) mass is 390 g/mol. The second kappa shape index (κ2) is 8.50. The van der Waals surface area contributed by atoms with Gasteiger partial charge in [0.2, 0.25) is 0 Å². The average molecular weight is 391 g/mol. The van der Waals surface area contributed by atoms with Crippen molar-refractivity contribution in [3.63, 3.8) is 0 Å². The lowest BCUT2D eigenvalue weighted by molar-refractivity contribution is 0.621. The van der Waals surface area contributed by atoms with Crippen LogP contribution in [0.5, 0.6) is 0 Å². The van der Waals surface area contributed by atoms with E-state index in [0.717, 1.165) is 33.8 Å². The van der Waals surface area contributed by atoms with E-state index in [1.807, 2.05) is 61.9 Å². The summed E-state index contributed by atoms with van der Waals surface area (Å²) in [6.07, 6.45) is 2.93.